The smallest absolute Gasteiger partial charge is 0.122 e. The Hall–Kier alpha value is -1.71. The molecule has 17 heavy (non-hydrogen) atoms. The second-order valence-corrected chi connectivity index (χ2v) is 4.58. The Labute approximate surface area is 102 Å². The molecule has 0 aliphatic heterocycles. The Kier molecular flexibility index (Phi) is 4.37. The normalized spacial score (nSPS) is 11.0. The quantitative estimate of drug-likeness (QED) is 0.588. The molecule has 0 saturated carbocycles. The number of methoxy groups -OCH3 is 1. The van der Waals surface area contributed by atoms with Crippen molar-refractivity contribution in [1.29, 1.82) is 5.41 Å². The highest BCUT2D eigenvalue weighted by Crippen LogP contribution is 2.22. The van der Waals surface area contributed by atoms with Gasteiger partial charge in [-0.2, -0.15) is 0 Å². The maximum atomic E-state index is 7.45. The van der Waals surface area contributed by atoms with Crippen molar-refractivity contribution >= 4 is 5.84 Å². The van der Waals surface area contributed by atoms with Crippen LogP contribution >= 0.6 is 0 Å². The zero-order valence-corrected chi connectivity index (χ0v) is 10.6. The summed E-state index contributed by atoms with van der Waals surface area (Å²) in [5.74, 6) is 1.73. The molecule has 0 heterocycles. The fraction of sp³-hybridized carbons (Fsp3) is 0.462. The molecule has 1 rings (SSSR count). The largest absolute Gasteiger partial charge is 0.497 e. The van der Waals surface area contributed by atoms with E-state index < -0.39 is 0 Å². The van der Waals surface area contributed by atoms with Crippen molar-refractivity contribution in [2.75, 3.05) is 13.7 Å². The van der Waals surface area contributed by atoms with Crippen LogP contribution in [0.2, 0.25) is 0 Å². The molecule has 1 aromatic carbocycles. The van der Waals surface area contributed by atoms with Gasteiger partial charge in [-0.1, -0.05) is 19.9 Å². The number of nitrogens with one attached hydrogen (secondary N) is 1. The van der Waals surface area contributed by atoms with E-state index in [1.807, 2.05) is 38.1 Å². The summed E-state index contributed by atoms with van der Waals surface area (Å²) in [4.78, 5) is 0. The third-order valence-corrected chi connectivity index (χ3v) is 2.77. The monoisotopic (exact) mass is 236 g/mol. The molecule has 0 bridgehead atoms. The first kappa shape index (κ1) is 13.4. The molecule has 0 spiro atoms. The summed E-state index contributed by atoms with van der Waals surface area (Å²) in [6.07, 6.45) is 0.708. The van der Waals surface area contributed by atoms with Crippen molar-refractivity contribution in [2.45, 2.75) is 20.3 Å². The molecule has 4 heteroatoms. The van der Waals surface area contributed by atoms with Gasteiger partial charge in [0, 0.05) is 11.5 Å². The molecule has 0 aliphatic carbocycles. The van der Waals surface area contributed by atoms with E-state index in [1.165, 1.54) is 0 Å². The first-order chi connectivity index (χ1) is 7.95. The SMILES string of the molecule is COc1cccc(OCCC(C)(C)C(=N)N)c1. The second-order valence-electron chi connectivity index (χ2n) is 4.58. The standard InChI is InChI=1S/C13H20N2O2/c1-13(2,12(14)15)7-8-17-11-6-4-5-10(9-11)16-3/h4-6,9H,7-8H2,1-3H3,(H3,14,15). The van der Waals surface area contributed by atoms with E-state index in [1.54, 1.807) is 7.11 Å². The molecular weight excluding hydrogens is 216 g/mol. The minimum absolute atomic E-state index is 0.187. The van der Waals surface area contributed by atoms with E-state index in [0.717, 1.165) is 11.5 Å². The van der Waals surface area contributed by atoms with Crippen molar-refractivity contribution < 1.29 is 9.47 Å². The van der Waals surface area contributed by atoms with Gasteiger partial charge in [0.1, 0.15) is 11.5 Å². The van der Waals surface area contributed by atoms with Gasteiger partial charge in [0.05, 0.1) is 19.6 Å². The number of nitrogens with two attached hydrogens (primary N) is 1. The van der Waals surface area contributed by atoms with Gasteiger partial charge in [-0.15, -0.1) is 0 Å². The molecule has 94 valence electrons. The van der Waals surface area contributed by atoms with Gasteiger partial charge in [0.15, 0.2) is 0 Å². The summed E-state index contributed by atoms with van der Waals surface area (Å²) in [7, 11) is 1.62. The van der Waals surface area contributed by atoms with E-state index >= 15 is 0 Å². The molecule has 0 amide bonds. The minimum atomic E-state index is -0.321. The van der Waals surface area contributed by atoms with Crippen molar-refractivity contribution in [1.82, 2.24) is 0 Å². The van der Waals surface area contributed by atoms with E-state index in [9.17, 15) is 0 Å². The number of hydrogen-bond acceptors (Lipinski definition) is 3. The van der Waals surface area contributed by atoms with E-state index in [-0.39, 0.29) is 11.3 Å². The van der Waals surface area contributed by atoms with Crippen LogP contribution in [0.3, 0.4) is 0 Å². The first-order valence-electron chi connectivity index (χ1n) is 5.57. The highest BCUT2D eigenvalue weighted by atomic mass is 16.5. The highest BCUT2D eigenvalue weighted by molar-refractivity contribution is 5.82. The molecule has 0 fully saturated rings. The summed E-state index contributed by atoms with van der Waals surface area (Å²) in [6, 6.07) is 7.46. The topological polar surface area (TPSA) is 68.3 Å². The van der Waals surface area contributed by atoms with Gasteiger partial charge >= 0.3 is 0 Å². The van der Waals surface area contributed by atoms with Gasteiger partial charge in [-0.3, -0.25) is 5.41 Å². The molecule has 0 atom stereocenters. The zero-order chi connectivity index (χ0) is 12.9. The molecule has 4 nitrogen and oxygen atoms in total. The van der Waals surface area contributed by atoms with Crippen molar-refractivity contribution in [3.63, 3.8) is 0 Å². The summed E-state index contributed by atoms with van der Waals surface area (Å²) in [5, 5.41) is 7.45. The predicted molar refractivity (Wildman–Crippen MR) is 68.8 cm³/mol. The number of benzene rings is 1. The van der Waals surface area contributed by atoms with Crippen LogP contribution in [0, 0.1) is 10.8 Å². The summed E-state index contributed by atoms with van der Waals surface area (Å²) in [5.41, 5.74) is 5.18. The molecular formula is C13H20N2O2. The van der Waals surface area contributed by atoms with Crippen molar-refractivity contribution in [3.05, 3.63) is 24.3 Å². The minimum Gasteiger partial charge on any atom is -0.497 e. The van der Waals surface area contributed by atoms with Crippen LogP contribution in [0.5, 0.6) is 11.5 Å². The van der Waals surface area contributed by atoms with Crippen LogP contribution in [0.1, 0.15) is 20.3 Å². The summed E-state index contributed by atoms with van der Waals surface area (Å²) in [6.45, 7) is 4.40. The predicted octanol–water partition coefficient (Wildman–Crippen LogP) is 2.43. The lowest BCUT2D eigenvalue weighted by atomic mass is 9.88. The number of ether oxygens (including phenoxy) is 2. The second kappa shape index (κ2) is 5.57. The molecule has 0 unspecified atom stereocenters. The molecule has 3 N–H and O–H groups in total. The Balaban J connectivity index is 2.48. The van der Waals surface area contributed by atoms with Crippen LogP contribution in [0.25, 0.3) is 0 Å². The van der Waals surface area contributed by atoms with Crippen LogP contribution in [0.4, 0.5) is 0 Å². The lowest BCUT2D eigenvalue weighted by Gasteiger charge is -2.22. The Bertz CT molecular complexity index is 389. The number of hydrogen-bond donors (Lipinski definition) is 2. The molecule has 1 aromatic rings. The summed E-state index contributed by atoms with van der Waals surface area (Å²) >= 11 is 0. The third kappa shape index (κ3) is 3.98. The number of rotatable bonds is 6. The lowest BCUT2D eigenvalue weighted by molar-refractivity contribution is 0.267. The average Bonchev–Trinajstić information content (AvgIpc) is 2.29. The van der Waals surface area contributed by atoms with E-state index in [4.69, 9.17) is 20.6 Å². The van der Waals surface area contributed by atoms with Crippen molar-refractivity contribution in [2.24, 2.45) is 11.1 Å². The lowest BCUT2D eigenvalue weighted by Crippen LogP contribution is -2.32. The maximum absolute atomic E-state index is 7.45. The van der Waals surface area contributed by atoms with Crippen LogP contribution < -0.4 is 15.2 Å². The molecule has 0 aromatic heterocycles. The van der Waals surface area contributed by atoms with Crippen LogP contribution in [0.15, 0.2) is 24.3 Å². The molecule has 0 saturated heterocycles. The molecule has 0 aliphatic rings. The highest BCUT2D eigenvalue weighted by Gasteiger charge is 2.21. The van der Waals surface area contributed by atoms with E-state index in [0.29, 0.717) is 13.0 Å². The zero-order valence-electron chi connectivity index (χ0n) is 10.6. The first-order valence-corrected chi connectivity index (χ1v) is 5.57. The van der Waals surface area contributed by atoms with Crippen LogP contribution in [-0.2, 0) is 0 Å². The van der Waals surface area contributed by atoms with Crippen molar-refractivity contribution in [3.8, 4) is 11.5 Å². The average molecular weight is 236 g/mol. The van der Waals surface area contributed by atoms with Gasteiger partial charge in [0.2, 0.25) is 0 Å². The molecule has 0 radical (unpaired) electrons. The van der Waals surface area contributed by atoms with Gasteiger partial charge in [0.25, 0.3) is 0 Å². The Morgan fingerprint density at radius 3 is 2.59 bits per heavy atom. The maximum Gasteiger partial charge on any atom is 0.122 e. The van der Waals surface area contributed by atoms with E-state index in [2.05, 4.69) is 0 Å². The van der Waals surface area contributed by atoms with Gasteiger partial charge < -0.3 is 15.2 Å². The number of amidine groups is 1. The third-order valence-electron chi connectivity index (χ3n) is 2.77. The van der Waals surface area contributed by atoms with Gasteiger partial charge in [-0.05, 0) is 18.6 Å². The fourth-order valence-electron chi connectivity index (χ4n) is 1.25. The Morgan fingerprint density at radius 2 is 2.00 bits per heavy atom. The van der Waals surface area contributed by atoms with Crippen LogP contribution in [-0.4, -0.2) is 19.6 Å². The van der Waals surface area contributed by atoms with Gasteiger partial charge in [-0.25, -0.2) is 0 Å². The fourth-order valence-corrected chi connectivity index (χ4v) is 1.25. The Morgan fingerprint density at radius 1 is 1.35 bits per heavy atom. The summed E-state index contributed by atoms with van der Waals surface area (Å²) < 4.78 is 10.7.